The summed E-state index contributed by atoms with van der Waals surface area (Å²) < 4.78 is 25.0. The molecule has 2 amide bonds. The first-order valence-electron chi connectivity index (χ1n) is 12.3. The molecule has 0 saturated carbocycles. The van der Waals surface area contributed by atoms with Crippen molar-refractivity contribution in [1.82, 2.24) is 19.2 Å². The number of primary amides is 1. The third kappa shape index (κ3) is 6.86. The van der Waals surface area contributed by atoms with E-state index in [2.05, 4.69) is 25.5 Å². The van der Waals surface area contributed by atoms with Crippen LogP contribution in [0.5, 0.6) is 0 Å². The van der Waals surface area contributed by atoms with Crippen molar-refractivity contribution in [2.45, 2.75) is 19.8 Å². The number of carbonyl (C=O) groups excluding carboxylic acids is 2. The first-order chi connectivity index (χ1) is 17.6. The van der Waals surface area contributed by atoms with Gasteiger partial charge in [-0.3, -0.25) is 9.59 Å². The number of hydrogen-bond acceptors (Lipinski definition) is 9. The molecule has 12 nitrogen and oxygen atoms in total. The summed E-state index contributed by atoms with van der Waals surface area (Å²) in [5.74, 6) is 0.385. The maximum Gasteiger partial charge on any atom is 0.254 e. The molecule has 3 heterocycles. The second kappa shape index (κ2) is 11.3. The van der Waals surface area contributed by atoms with Gasteiger partial charge < -0.3 is 26.2 Å². The van der Waals surface area contributed by atoms with Crippen LogP contribution >= 0.6 is 0 Å². The summed E-state index contributed by atoms with van der Waals surface area (Å²) in [6.45, 7) is 6.09. The maximum atomic E-state index is 11.9. The van der Waals surface area contributed by atoms with E-state index in [4.69, 9.17) is 5.73 Å². The Labute approximate surface area is 217 Å². The lowest BCUT2D eigenvalue weighted by molar-refractivity contribution is -0.129. The third-order valence-electron chi connectivity index (χ3n) is 6.87. The standard InChI is InChI=1S/C24H34N8O4S/c1-17(33)30-11-13-31(14-12-30)20-5-3-19(4-6-20)28-24-27-16-21(22(25)34)23(29-24)26-15-18-7-9-32(10-8-18)37(2,35)36/h3-6,16,18H,7-15H2,1-2H3,(H2,25,34)(H2,26,27,28,29). The van der Waals surface area contributed by atoms with E-state index in [1.807, 2.05) is 29.2 Å². The van der Waals surface area contributed by atoms with Crippen molar-refractivity contribution in [3.05, 3.63) is 36.0 Å². The van der Waals surface area contributed by atoms with Gasteiger partial charge >= 0.3 is 0 Å². The number of hydrogen-bond donors (Lipinski definition) is 3. The summed E-state index contributed by atoms with van der Waals surface area (Å²) in [4.78, 5) is 36.3. The average Bonchev–Trinajstić information content (AvgIpc) is 2.87. The summed E-state index contributed by atoms with van der Waals surface area (Å²) >= 11 is 0. The van der Waals surface area contributed by atoms with Crippen molar-refractivity contribution < 1.29 is 18.0 Å². The van der Waals surface area contributed by atoms with Gasteiger partial charge in [0.05, 0.1) is 11.8 Å². The van der Waals surface area contributed by atoms with E-state index >= 15 is 0 Å². The Balaban J connectivity index is 1.37. The Kier molecular flexibility index (Phi) is 8.13. The number of nitrogens with zero attached hydrogens (tertiary/aromatic N) is 5. The van der Waals surface area contributed by atoms with Crippen molar-refractivity contribution in [2.75, 3.05) is 67.6 Å². The third-order valence-corrected chi connectivity index (χ3v) is 8.17. The monoisotopic (exact) mass is 530 g/mol. The number of nitrogens with two attached hydrogens (primary N) is 1. The maximum absolute atomic E-state index is 11.9. The molecule has 13 heteroatoms. The predicted molar refractivity (Wildman–Crippen MR) is 142 cm³/mol. The molecule has 200 valence electrons. The average molecular weight is 531 g/mol. The molecule has 0 atom stereocenters. The molecule has 1 aromatic heterocycles. The summed E-state index contributed by atoms with van der Waals surface area (Å²) in [5.41, 5.74) is 7.58. The Morgan fingerprint density at radius 2 is 1.70 bits per heavy atom. The summed E-state index contributed by atoms with van der Waals surface area (Å²) in [6, 6.07) is 7.87. The first-order valence-corrected chi connectivity index (χ1v) is 14.2. The number of anilines is 4. The van der Waals surface area contributed by atoms with Crippen LogP contribution in [0.25, 0.3) is 0 Å². The van der Waals surface area contributed by atoms with E-state index in [0.717, 1.165) is 37.3 Å². The van der Waals surface area contributed by atoms with E-state index in [1.54, 1.807) is 6.92 Å². The van der Waals surface area contributed by atoms with E-state index in [-0.39, 0.29) is 17.4 Å². The minimum atomic E-state index is -3.18. The lowest BCUT2D eigenvalue weighted by Gasteiger charge is -2.35. The van der Waals surface area contributed by atoms with Crippen LogP contribution in [0, 0.1) is 5.92 Å². The zero-order valence-electron chi connectivity index (χ0n) is 21.2. The number of amides is 2. The van der Waals surface area contributed by atoms with Gasteiger partial charge in [0, 0.05) is 70.3 Å². The molecule has 0 bridgehead atoms. The fraction of sp³-hybridized carbons (Fsp3) is 0.500. The smallest absolute Gasteiger partial charge is 0.254 e. The molecule has 2 saturated heterocycles. The van der Waals surface area contributed by atoms with Crippen molar-refractivity contribution in [2.24, 2.45) is 11.7 Å². The predicted octanol–water partition coefficient (Wildman–Crippen LogP) is 1.07. The number of sulfonamides is 1. The van der Waals surface area contributed by atoms with Gasteiger partial charge in [0.25, 0.3) is 5.91 Å². The molecule has 4 rings (SSSR count). The number of benzene rings is 1. The first kappa shape index (κ1) is 26.6. The van der Waals surface area contributed by atoms with E-state index in [1.165, 1.54) is 16.8 Å². The minimum Gasteiger partial charge on any atom is -0.369 e. The van der Waals surface area contributed by atoms with E-state index in [0.29, 0.717) is 44.5 Å². The van der Waals surface area contributed by atoms with Crippen LogP contribution < -0.4 is 21.3 Å². The molecule has 0 aliphatic carbocycles. The van der Waals surface area contributed by atoms with Gasteiger partial charge in [-0.25, -0.2) is 17.7 Å². The molecule has 2 aromatic rings. The molecule has 2 fully saturated rings. The Morgan fingerprint density at radius 3 is 2.27 bits per heavy atom. The van der Waals surface area contributed by atoms with E-state index < -0.39 is 15.9 Å². The van der Waals surface area contributed by atoms with Gasteiger partial charge in [0.1, 0.15) is 5.82 Å². The zero-order valence-corrected chi connectivity index (χ0v) is 22.0. The van der Waals surface area contributed by atoms with Crippen LogP contribution in [0.2, 0.25) is 0 Å². The SMILES string of the molecule is CC(=O)N1CCN(c2ccc(Nc3ncc(C(N)=O)c(NCC4CCN(S(C)(=O)=O)CC4)n3)cc2)CC1. The lowest BCUT2D eigenvalue weighted by atomic mass is 9.98. The number of piperazine rings is 1. The van der Waals surface area contributed by atoms with Crippen LogP contribution in [-0.4, -0.2) is 91.5 Å². The highest BCUT2D eigenvalue weighted by atomic mass is 32.2. The molecular formula is C24H34N8O4S. The fourth-order valence-corrected chi connectivity index (χ4v) is 5.48. The van der Waals surface area contributed by atoms with Gasteiger partial charge in [-0.2, -0.15) is 4.98 Å². The highest BCUT2D eigenvalue weighted by molar-refractivity contribution is 7.88. The molecule has 2 aliphatic rings. The van der Waals surface area contributed by atoms with Gasteiger partial charge in [0.15, 0.2) is 0 Å². The Bertz CT molecular complexity index is 1220. The fourth-order valence-electron chi connectivity index (χ4n) is 4.61. The molecular weight excluding hydrogens is 496 g/mol. The number of rotatable bonds is 8. The molecule has 4 N–H and O–H groups in total. The van der Waals surface area contributed by atoms with E-state index in [9.17, 15) is 18.0 Å². The summed E-state index contributed by atoms with van der Waals surface area (Å²) in [6.07, 6.45) is 4.07. The summed E-state index contributed by atoms with van der Waals surface area (Å²) in [5, 5.41) is 6.38. The van der Waals surface area contributed by atoms with Crippen molar-refractivity contribution in [1.29, 1.82) is 0 Å². The van der Waals surface area contributed by atoms with Gasteiger partial charge in [-0.15, -0.1) is 0 Å². The second-order valence-corrected chi connectivity index (χ2v) is 11.5. The van der Waals surface area contributed by atoms with Gasteiger partial charge in [0.2, 0.25) is 21.9 Å². The van der Waals surface area contributed by atoms with Crippen LogP contribution in [-0.2, 0) is 14.8 Å². The van der Waals surface area contributed by atoms with Crippen LogP contribution in [0.1, 0.15) is 30.1 Å². The number of nitrogens with one attached hydrogen (secondary N) is 2. The largest absolute Gasteiger partial charge is 0.369 e. The number of piperidine rings is 1. The molecule has 37 heavy (non-hydrogen) atoms. The summed E-state index contributed by atoms with van der Waals surface area (Å²) in [7, 11) is -3.18. The van der Waals surface area contributed by atoms with Crippen LogP contribution in [0.4, 0.5) is 23.1 Å². The normalized spacial score (nSPS) is 17.5. The lowest BCUT2D eigenvalue weighted by Crippen LogP contribution is -2.48. The minimum absolute atomic E-state index is 0.104. The number of aromatic nitrogens is 2. The van der Waals surface area contributed by atoms with Crippen molar-refractivity contribution >= 4 is 45.0 Å². The van der Waals surface area contributed by atoms with Crippen LogP contribution in [0.15, 0.2) is 30.5 Å². The highest BCUT2D eigenvalue weighted by Gasteiger charge is 2.25. The van der Waals surface area contributed by atoms with Gasteiger partial charge in [-0.05, 0) is 43.0 Å². The molecule has 0 spiro atoms. The zero-order chi connectivity index (χ0) is 26.6. The molecule has 1 aromatic carbocycles. The van der Waals surface area contributed by atoms with Gasteiger partial charge in [-0.1, -0.05) is 0 Å². The number of carbonyl (C=O) groups is 2. The Hall–Kier alpha value is -3.45. The molecule has 2 aliphatic heterocycles. The topological polar surface area (TPSA) is 154 Å². The molecule has 0 unspecified atom stereocenters. The van der Waals surface area contributed by atoms with Crippen LogP contribution in [0.3, 0.4) is 0 Å². The highest BCUT2D eigenvalue weighted by Crippen LogP contribution is 2.24. The van der Waals surface area contributed by atoms with Crippen molar-refractivity contribution in [3.63, 3.8) is 0 Å². The Morgan fingerprint density at radius 1 is 1.05 bits per heavy atom. The quantitative estimate of drug-likeness (QED) is 0.455. The van der Waals surface area contributed by atoms with Crippen molar-refractivity contribution in [3.8, 4) is 0 Å². The molecule has 0 radical (unpaired) electrons. The second-order valence-electron chi connectivity index (χ2n) is 9.47.